The number of hydrogen-bond acceptors (Lipinski definition) is 7. The Balaban J connectivity index is 1.56. The monoisotopic (exact) mass is 416 g/mol. The highest BCUT2D eigenvalue weighted by Gasteiger charge is 2.16. The van der Waals surface area contributed by atoms with Gasteiger partial charge in [-0.05, 0) is 23.8 Å². The van der Waals surface area contributed by atoms with E-state index in [0.29, 0.717) is 22.8 Å². The number of nitrogens with zero attached hydrogens (tertiary/aromatic N) is 1. The maximum absolute atomic E-state index is 12.5. The van der Waals surface area contributed by atoms with Crippen molar-refractivity contribution >= 4 is 45.5 Å². The number of aliphatic imine (C=N–C) groups is 1. The average molecular weight is 417 g/mol. The average Bonchev–Trinajstić information content (AvgIpc) is 3.25. The molecule has 1 aliphatic rings. The van der Waals surface area contributed by atoms with Crippen molar-refractivity contribution in [3.8, 4) is 5.75 Å². The zero-order valence-corrected chi connectivity index (χ0v) is 17.0. The molecular weight excluding hydrogens is 396 g/mol. The van der Waals surface area contributed by atoms with Gasteiger partial charge in [0.05, 0.1) is 24.9 Å². The van der Waals surface area contributed by atoms with Crippen molar-refractivity contribution in [2.24, 2.45) is 4.99 Å². The Bertz CT molecular complexity index is 886. The van der Waals surface area contributed by atoms with E-state index >= 15 is 0 Å². The van der Waals surface area contributed by atoms with Gasteiger partial charge in [-0.15, -0.1) is 0 Å². The van der Waals surface area contributed by atoms with Crippen LogP contribution in [0.15, 0.2) is 53.5 Å². The summed E-state index contributed by atoms with van der Waals surface area (Å²) >= 11 is 3.34. The lowest BCUT2D eigenvalue weighted by molar-refractivity contribution is -0.119. The molecular formula is C20H20N2O4S2. The maximum atomic E-state index is 12.5. The number of rotatable bonds is 7. The number of carbonyl (C=O) groups excluding carboxylic acids is 2. The Morgan fingerprint density at radius 1 is 1.18 bits per heavy atom. The van der Waals surface area contributed by atoms with E-state index < -0.39 is 11.9 Å². The van der Waals surface area contributed by atoms with Crippen LogP contribution in [0.2, 0.25) is 0 Å². The highest BCUT2D eigenvalue weighted by Crippen LogP contribution is 2.27. The lowest BCUT2D eigenvalue weighted by atomic mass is 10.1. The number of benzene rings is 2. The minimum Gasteiger partial charge on any atom is -0.495 e. The van der Waals surface area contributed by atoms with E-state index in [1.807, 2.05) is 12.1 Å². The predicted molar refractivity (Wildman–Crippen MR) is 114 cm³/mol. The molecule has 1 aliphatic heterocycles. The highest BCUT2D eigenvalue weighted by molar-refractivity contribution is 8.38. The molecule has 146 valence electrons. The van der Waals surface area contributed by atoms with Crippen LogP contribution in [-0.2, 0) is 15.3 Å². The molecule has 6 nitrogen and oxygen atoms in total. The van der Waals surface area contributed by atoms with Gasteiger partial charge < -0.3 is 14.8 Å². The zero-order chi connectivity index (χ0) is 19.8. The minimum atomic E-state index is -0.521. The molecule has 0 radical (unpaired) electrons. The normalized spacial score (nSPS) is 13.0. The number of hydrogen-bond donors (Lipinski definition) is 1. The first-order chi connectivity index (χ1) is 13.7. The van der Waals surface area contributed by atoms with Gasteiger partial charge in [0.2, 0.25) is 0 Å². The molecule has 0 saturated heterocycles. The number of ether oxygens (including phenoxy) is 2. The summed E-state index contributed by atoms with van der Waals surface area (Å²) in [4.78, 5) is 29.0. The molecule has 1 amide bonds. The Kier molecular flexibility index (Phi) is 7.39. The summed E-state index contributed by atoms with van der Waals surface area (Å²) in [5.74, 6) is 1.23. The largest absolute Gasteiger partial charge is 0.495 e. The quantitative estimate of drug-likeness (QED) is 0.692. The summed E-state index contributed by atoms with van der Waals surface area (Å²) in [7, 11) is 1.52. The van der Waals surface area contributed by atoms with E-state index in [4.69, 9.17) is 9.47 Å². The number of para-hydroxylation sites is 2. The van der Waals surface area contributed by atoms with Crippen molar-refractivity contribution in [1.29, 1.82) is 0 Å². The Labute approximate surface area is 172 Å². The van der Waals surface area contributed by atoms with Gasteiger partial charge in [-0.25, -0.2) is 4.79 Å². The molecule has 1 heterocycles. The Morgan fingerprint density at radius 2 is 1.96 bits per heavy atom. The molecule has 0 fully saturated rings. The first kappa shape index (κ1) is 20.3. The van der Waals surface area contributed by atoms with Gasteiger partial charge in [0.1, 0.15) is 10.1 Å². The lowest BCUT2D eigenvalue weighted by Crippen LogP contribution is -2.21. The van der Waals surface area contributed by atoms with E-state index in [1.165, 1.54) is 7.11 Å². The summed E-state index contributed by atoms with van der Waals surface area (Å²) in [6.07, 6.45) is 0. The predicted octanol–water partition coefficient (Wildman–Crippen LogP) is 3.83. The maximum Gasteiger partial charge on any atom is 0.338 e. The number of esters is 1. The van der Waals surface area contributed by atoms with Gasteiger partial charge in [-0.3, -0.25) is 9.79 Å². The molecule has 8 heteroatoms. The van der Waals surface area contributed by atoms with Crippen LogP contribution in [0.5, 0.6) is 5.75 Å². The van der Waals surface area contributed by atoms with Crippen LogP contribution in [0.25, 0.3) is 0 Å². The summed E-state index contributed by atoms with van der Waals surface area (Å²) < 4.78 is 11.4. The second kappa shape index (κ2) is 10.2. The van der Waals surface area contributed by atoms with E-state index in [2.05, 4.69) is 10.3 Å². The fourth-order valence-electron chi connectivity index (χ4n) is 2.53. The van der Waals surface area contributed by atoms with Gasteiger partial charge in [-0.1, -0.05) is 53.9 Å². The number of amides is 1. The summed E-state index contributed by atoms with van der Waals surface area (Å²) in [6.45, 7) is 0.471. The number of thioether (sulfide) groups is 2. The first-order valence-electron chi connectivity index (χ1n) is 8.65. The smallest absolute Gasteiger partial charge is 0.338 e. The van der Waals surface area contributed by atoms with E-state index in [9.17, 15) is 9.59 Å². The molecule has 3 rings (SSSR count). The van der Waals surface area contributed by atoms with Crippen molar-refractivity contribution in [1.82, 2.24) is 0 Å². The highest BCUT2D eigenvalue weighted by atomic mass is 32.2. The fraction of sp³-hybridized carbons (Fsp3) is 0.250. The van der Waals surface area contributed by atoms with Crippen LogP contribution in [0.1, 0.15) is 15.9 Å². The number of methoxy groups -OCH3 is 1. The zero-order valence-electron chi connectivity index (χ0n) is 15.3. The van der Waals surface area contributed by atoms with Crippen LogP contribution < -0.4 is 10.1 Å². The molecule has 2 aromatic rings. The topological polar surface area (TPSA) is 77.0 Å². The molecule has 0 atom stereocenters. The molecule has 1 N–H and O–H groups in total. The van der Waals surface area contributed by atoms with Gasteiger partial charge in [0, 0.05) is 11.5 Å². The van der Waals surface area contributed by atoms with Crippen LogP contribution in [-0.4, -0.2) is 42.3 Å². The lowest BCUT2D eigenvalue weighted by Gasteiger charge is -2.11. The molecule has 2 aromatic carbocycles. The molecule has 28 heavy (non-hydrogen) atoms. The first-order valence-corrected chi connectivity index (χ1v) is 10.6. The second-order valence-electron chi connectivity index (χ2n) is 5.77. The number of nitrogens with one attached hydrogen (secondary N) is 1. The third kappa shape index (κ3) is 5.53. The van der Waals surface area contributed by atoms with Crippen molar-refractivity contribution in [2.45, 2.75) is 5.75 Å². The third-order valence-electron chi connectivity index (χ3n) is 3.86. The van der Waals surface area contributed by atoms with E-state index in [1.54, 1.807) is 59.9 Å². The third-order valence-corrected chi connectivity index (χ3v) is 6.16. The fourth-order valence-corrected chi connectivity index (χ4v) is 4.54. The van der Waals surface area contributed by atoms with Crippen LogP contribution in [0.3, 0.4) is 0 Å². The molecule has 0 bridgehead atoms. The number of carbonyl (C=O) groups is 2. The Morgan fingerprint density at radius 3 is 2.75 bits per heavy atom. The summed E-state index contributed by atoms with van der Waals surface area (Å²) in [6, 6.07) is 14.3. The van der Waals surface area contributed by atoms with Crippen LogP contribution in [0, 0.1) is 0 Å². The van der Waals surface area contributed by atoms with Crippen molar-refractivity contribution in [3.05, 3.63) is 59.7 Å². The van der Waals surface area contributed by atoms with Crippen LogP contribution >= 0.6 is 23.5 Å². The van der Waals surface area contributed by atoms with Gasteiger partial charge in [0.25, 0.3) is 5.91 Å². The Hall–Kier alpha value is -2.45. The van der Waals surface area contributed by atoms with Gasteiger partial charge in [0.15, 0.2) is 6.61 Å². The summed E-state index contributed by atoms with van der Waals surface area (Å²) in [5.41, 5.74) is 1.85. The number of anilines is 1. The molecule has 0 aliphatic carbocycles. The van der Waals surface area contributed by atoms with Crippen molar-refractivity contribution in [3.63, 3.8) is 0 Å². The van der Waals surface area contributed by atoms with Crippen molar-refractivity contribution in [2.75, 3.05) is 31.3 Å². The molecule has 0 saturated carbocycles. The van der Waals surface area contributed by atoms with Crippen molar-refractivity contribution < 1.29 is 19.1 Å². The van der Waals surface area contributed by atoms with Gasteiger partial charge in [-0.2, -0.15) is 0 Å². The SMILES string of the molecule is COc1ccccc1NC(=O)COC(=O)c1ccccc1CSC1=NCCS1. The molecule has 0 unspecified atom stereocenters. The van der Waals surface area contributed by atoms with E-state index in [0.717, 1.165) is 22.2 Å². The molecule has 0 spiro atoms. The standard InChI is InChI=1S/C20H20N2O4S2/c1-25-17-9-5-4-8-16(17)22-18(23)12-26-19(24)15-7-3-2-6-14(15)13-28-20-21-10-11-27-20/h2-9H,10-13H2,1H3,(H,22,23). The second-order valence-corrected chi connectivity index (χ2v) is 8.07. The van der Waals surface area contributed by atoms with E-state index in [-0.39, 0.29) is 6.61 Å². The minimum absolute atomic E-state index is 0.374. The van der Waals surface area contributed by atoms with Crippen LogP contribution in [0.4, 0.5) is 5.69 Å². The summed E-state index contributed by atoms with van der Waals surface area (Å²) in [5, 5.41) is 2.68. The molecule has 0 aromatic heterocycles. The van der Waals surface area contributed by atoms with Gasteiger partial charge >= 0.3 is 5.97 Å².